The van der Waals surface area contributed by atoms with Gasteiger partial charge in [0, 0.05) is 18.4 Å². The molecule has 0 atom stereocenters. The molecular weight excluding hydrogens is 390 g/mol. The van der Waals surface area contributed by atoms with Crippen molar-refractivity contribution >= 4 is 23.5 Å². The van der Waals surface area contributed by atoms with Crippen molar-refractivity contribution in [2.75, 3.05) is 16.0 Å². The van der Waals surface area contributed by atoms with Gasteiger partial charge in [-0.2, -0.15) is 18.2 Å². The maximum atomic E-state index is 13.1. The zero-order valence-electron chi connectivity index (χ0n) is 14.8. The van der Waals surface area contributed by atoms with Crippen LogP contribution in [0.2, 0.25) is 0 Å². The van der Waals surface area contributed by atoms with E-state index in [-0.39, 0.29) is 23.9 Å². The number of rotatable bonds is 5. The van der Waals surface area contributed by atoms with E-state index in [9.17, 15) is 22.4 Å². The van der Waals surface area contributed by atoms with Gasteiger partial charge in [-0.05, 0) is 42.0 Å². The minimum Gasteiger partial charge on any atom is -0.366 e. The first-order valence-electron chi connectivity index (χ1n) is 8.37. The van der Waals surface area contributed by atoms with E-state index in [4.69, 9.17) is 0 Å². The molecule has 0 bridgehead atoms. The summed E-state index contributed by atoms with van der Waals surface area (Å²) in [5.41, 5.74) is -0.317. The average Bonchev–Trinajstić information content (AvgIpc) is 2.68. The number of anilines is 3. The summed E-state index contributed by atoms with van der Waals surface area (Å²) in [5.74, 6) is -0.266. The van der Waals surface area contributed by atoms with Crippen molar-refractivity contribution in [2.24, 2.45) is 0 Å². The fourth-order valence-corrected chi connectivity index (χ4v) is 2.45. The largest absolute Gasteiger partial charge is 0.416 e. The van der Waals surface area contributed by atoms with E-state index >= 15 is 0 Å². The summed E-state index contributed by atoms with van der Waals surface area (Å²) in [6.45, 7) is -0.117. The fourth-order valence-electron chi connectivity index (χ4n) is 2.45. The first kappa shape index (κ1) is 20.1. The summed E-state index contributed by atoms with van der Waals surface area (Å²) < 4.78 is 52.0. The van der Waals surface area contributed by atoms with Crippen LogP contribution in [0.25, 0.3) is 0 Å². The van der Waals surface area contributed by atoms with E-state index in [2.05, 4.69) is 25.9 Å². The highest BCUT2D eigenvalue weighted by atomic mass is 19.4. The number of alkyl halides is 3. The molecule has 6 nitrogen and oxygen atoms in total. The predicted molar refractivity (Wildman–Crippen MR) is 99.8 cm³/mol. The van der Waals surface area contributed by atoms with Crippen molar-refractivity contribution in [1.82, 2.24) is 9.97 Å². The minimum absolute atomic E-state index is 0.0567. The van der Waals surface area contributed by atoms with E-state index < -0.39 is 23.6 Å². The second kappa shape index (κ2) is 8.55. The number of nitrogens with zero attached hydrogens (tertiary/aromatic N) is 2. The molecule has 10 heteroatoms. The normalized spacial score (nSPS) is 11.0. The molecule has 3 aromatic rings. The van der Waals surface area contributed by atoms with Crippen LogP contribution in [0, 0.1) is 5.82 Å². The number of amides is 2. The Balaban J connectivity index is 1.63. The van der Waals surface area contributed by atoms with Gasteiger partial charge in [-0.25, -0.2) is 14.2 Å². The van der Waals surface area contributed by atoms with Gasteiger partial charge in [0.1, 0.15) is 11.6 Å². The van der Waals surface area contributed by atoms with Crippen molar-refractivity contribution in [3.63, 3.8) is 0 Å². The Labute approximate surface area is 163 Å². The lowest BCUT2D eigenvalue weighted by Gasteiger charge is -2.13. The Bertz CT molecular complexity index is 992. The number of urea groups is 1. The van der Waals surface area contributed by atoms with Crippen LogP contribution in [0.3, 0.4) is 0 Å². The third-order valence-electron chi connectivity index (χ3n) is 3.77. The molecule has 0 radical (unpaired) electrons. The number of hydrogen-bond acceptors (Lipinski definition) is 4. The first-order valence-corrected chi connectivity index (χ1v) is 8.37. The first-order chi connectivity index (χ1) is 13.8. The fraction of sp³-hybridized carbons (Fsp3) is 0.105. The Hall–Kier alpha value is -3.69. The SMILES string of the molecule is O=C(Nc1ccc(F)cc1)Nc1nccc(NCc2ccccc2C(F)(F)F)n1. The summed E-state index contributed by atoms with van der Waals surface area (Å²) in [6.07, 6.45) is -3.12. The molecule has 3 N–H and O–H groups in total. The molecule has 150 valence electrons. The number of carbonyl (C=O) groups excluding carboxylic acids is 1. The van der Waals surface area contributed by atoms with Gasteiger partial charge in [0.25, 0.3) is 0 Å². The van der Waals surface area contributed by atoms with Crippen molar-refractivity contribution in [1.29, 1.82) is 0 Å². The van der Waals surface area contributed by atoms with E-state index in [1.807, 2.05) is 0 Å². The predicted octanol–water partition coefficient (Wildman–Crippen LogP) is 4.89. The molecule has 2 aromatic carbocycles. The van der Waals surface area contributed by atoms with Crippen LogP contribution in [0.1, 0.15) is 11.1 Å². The maximum absolute atomic E-state index is 13.1. The zero-order valence-corrected chi connectivity index (χ0v) is 14.8. The number of benzene rings is 2. The van der Waals surface area contributed by atoms with Crippen molar-refractivity contribution in [3.05, 3.63) is 77.7 Å². The van der Waals surface area contributed by atoms with E-state index in [0.717, 1.165) is 6.07 Å². The van der Waals surface area contributed by atoms with Crippen molar-refractivity contribution in [3.8, 4) is 0 Å². The molecule has 1 aromatic heterocycles. The lowest BCUT2D eigenvalue weighted by Crippen LogP contribution is -2.21. The van der Waals surface area contributed by atoms with Gasteiger partial charge >= 0.3 is 12.2 Å². The molecule has 0 saturated heterocycles. The second-order valence-corrected chi connectivity index (χ2v) is 5.86. The third kappa shape index (κ3) is 5.64. The Morgan fingerprint density at radius 2 is 1.69 bits per heavy atom. The highest BCUT2D eigenvalue weighted by molar-refractivity contribution is 5.98. The second-order valence-electron chi connectivity index (χ2n) is 5.86. The van der Waals surface area contributed by atoms with Gasteiger partial charge in [0.15, 0.2) is 0 Å². The summed E-state index contributed by atoms with van der Waals surface area (Å²) in [5, 5.41) is 7.65. The van der Waals surface area contributed by atoms with Gasteiger partial charge in [0.2, 0.25) is 5.95 Å². The molecule has 0 saturated carbocycles. The molecule has 0 aliphatic carbocycles. The van der Waals surface area contributed by atoms with E-state index in [0.29, 0.717) is 5.69 Å². The lowest BCUT2D eigenvalue weighted by atomic mass is 10.1. The summed E-state index contributed by atoms with van der Waals surface area (Å²) in [7, 11) is 0. The molecule has 29 heavy (non-hydrogen) atoms. The molecule has 2 amide bonds. The summed E-state index contributed by atoms with van der Waals surface area (Å²) in [4.78, 5) is 19.9. The topological polar surface area (TPSA) is 78.9 Å². The van der Waals surface area contributed by atoms with Gasteiger partial charge in [0.05, 0.1) is 5.56 Å². The van der Waals surface area contributed by atoms with Crippen molar-refractivity contribution in [2.45, 2.75) is 12.7 Å². The molecule has 3 rings (SSSR count). The molecule has 0 fully saturated rings. The molecule has 0 unspecified atom stereocenters. The highest BCUT2D eigenvalue weighted by Gasteiger charge is 2.32. The van der Waals surface area contributed by atoms with Crippen LogP contribution < -0.4 is 16.0 Å². The quantitative estimate of drug-likeness (QED) is 0.528. The van der Waals surface area contributed by atoms with Crippen LogP contribution in [0.4, 0.5) is 39.8 Å². The standard InChI is InChI=1S/C19H15F4N5O/c20-13-5-7-14(8-6-13)26-18(29)28-17-24-10-9-16(27-17)25-11-12-3-1-2-4-15(12)19(21,22)23/h1-10H,11H2,(H3,24,25,26,27,28,29). The smallest absolute Gasteiger partial charge is 0.366 e. The molecule has 0 spiro atoms. The van der Waals surface area contributed by atoms with Crippen molar-refractivity contribution < 1.29 is 22.4 Å². The highest BCUT2D eigenvalue weighted by Crippen LogP contribution is 2.32. The van der Waals surface area contributed by atoms with Gasteiger partial charge in [-0.15, -0.1) is 0 Å². The Kier molecular flexibility index (Phi) is 5.91. The van der Waals surface area contributed by atoms with Crippen LogP contribution in [0.15, 0.2) is 60.8 Å². The number of aromatic nitrogens is 2. The summed E-state index contributed by atoms with van der Waals surface area (Å²) in [6, 6.07) is 11.1. The average molecular weight is 405 g/mol. The Morgan fingerprint density at radius 3 is 2.41 bits per heavy atom. The number of halogens is 4. The molecule has 0 aliphatic rings. The van der Waals surface area contributed by atoms with Gasteiger partial charge in [-0.1, -0.05) is 18.2 Å². The van der Waals surface area contributed by atoms with Crippen LogP contribution in [-0.4, -0.2) is 16.0 Å². The van der Waals surface area contributed by atoms with Crippen LogP contribution in [0.5, 0.6) is 0 Å². The molecular formula is C19H15F4N5O. The number of hydrogen-bond donors (Lipinski definition) is 3. The number of carbonyl (C=O) groups is 1. The summed E-state index contributed by atoms with van der Waals surface area (Å²) >= 11 is 0. The van der Waals surface area contributed by atoms with Gasteiger partial charge < -0.3 is 10.6 Å². The van der Waals surface area contributed by atoms with Gasteiger partial charge in [-0.3, -0.25) is 5.32 Å². The Morgan fingerprint density at radius 1 is 0.966 bits per heavy atom. The minimum atomic E-state index is -4.46. The van der Waals surface area contributed by atoms with Crippen LogP contribution >= 0.6 is 0 Å². The zero-order chi connectivity index (χ0) is 20.9. The van der Waals surface area contributed by atoms with Crippen LogP contribution in [-0.2, 0) is 12.7 Å². The third-order valence-corrected chi connectivity index (χ3v) is 3.77. The monoisotopic (exact) mass is 405 g/mol. The molecule has 0 aliphatic heterocycles. The number of nitrogens with one attached hydrogen (secondary N) is 3. The molecule has 1 heterocycles. The van der Waals surface area contributed by atoms with E-state index in [1.54, 1.807) is 0 Å². The lowest BCUT2D eigenvalue weighted by molar-refractivity contribution is -0.138. The van der Waals surface area contributed by atoms with E-state index in [1.165, 1.54) is 54.7 Å². The maximum Gasteiger partial charge on any atom is 0.416 e.